The Labute approximate surface area is 400 Å². The van der Waals surface area contributed by atoms with Crippen LogP contribution in [0.25, 0.3) is 0 Å². The number of nitrogens with two attached hydrogens (primary N) is 1. The van der Waals surface area contributed by atoms with Gasteiger partial charge in [-0.3, -0.25) is 18.5 Å². The van der Waals surface area contributed by atoms with Gasteiger partial charge in [-0.05, 0) is 24.7 Å². The van der Waals surface area contributed by atoms with Gasteiger partial charge in [0.05, 0.1) is 13.2 Å². The number of thioether (sulfide) groups is 1. The molecule has 16 nitrogen and oxygen atoms in total. The molecule has 1 fully saturated rings. The van der Waals surface area contributed by atoms with Gasteiger partial charge in [-0.1, -0.05) is 136 Å². The molecular formula is C38H69N3Na2O13P2S. The van der Waals surface area contributed by atoms with Gasteiger partial charge in [-0.2, -0.15) is 16.7 Å². The number of ether oxygens (including phenoxy) is 2. The van der Waals surface area contributed by atoms with E-state index in [2.05, 4.69) is 27.7 Å². The van der Waals surface area contributed by atoms with Crippen molar-refractivity contribution in [3.05, 3.63) is 22.7 Å². The van der Waals surface area contributed by atoms with E-state index in [9.17, 15) is 38.7 Å². The number of unbranched alkanes of at least 4 members (excludes halogenated alkanes) is 19. The summed E-state index contributed by atoms with van der Waals surface area (Å²) in [5.41, 5.74) is 4.58. The Morgan fingerprint density at radius 2 is 1.32 bits per heavy atom. The molecule has 21 heteroatoms. The van der Waals surface area contributed by atoms with Crippen LogP contribution in [-0.2, 0) is 36.8 Å². The van der Waals surface area contributed by atoms with Gasteiger partial charge in [0.25, 0.3) is 15.6 Å². The molecule has 2 heterocycles. The standard InChI is InChI=1S/C38H71N3O13P2S.2Na/c1-3-5-7-9-11-13-15-16-18-20-22-24-34(42)52-31(30-57-27-23-21-19-17-14-12-10-8-6-4-2)28-50-55(46,47)54-56(48,49)51-29-32-35(43)36(44)37(53-32)41-26-25-33(39)40-38(41)45;;/h25-26,31-32,35-37,43-44H,3-24,27-30H2,1-2H3,(H,46,47)(H,48,49)(H2,39,40,45);;/q;2*+1/p-2/t31?,32-,35-,36+,37?;;/m1../s1. The van der Waals surface area contributed by atoms with Crippen LogP contribution in [0.1, 0.15) is 161 Å². The van der Waals surface area contributed by atoms with E-state index in [4.69, 9.17) is 19.7 Å². The maximum absolute atomic E-state index is 12.7. The van der Waals surface area contributed by atoms with Crippen molar-refractivity contribution in [3.8, 4) is 0 Å². The van der Waals surface area contributed by atoms with Crippen molar-refractivity contribution in [2.75, 3.05) is 30.5 Å². The largest absolute Gasteiger partial charge is 1.00 e. The molecule has 1 aromatic rings. The molecule has 1 aliphatic rings. The third-order valence-corrected chi connectivity index (χ3v) is 13.4. The molecule has 0 aliphatic carbocycles. The van der Waals surface area contributed by atoms with Crippen LogP contribution in [0.4, 0.5) is 5.82 Å². The summed E-state index contributed by atoms with van der Waals surface area (Å²) in [6.45, 7) is 2.78. The number of phosphoric acid groups is 2. The van der Waals surface area contributed by atoms with Gasteiger partial charge >= 0.3 is 70.8 Å². The quantitative estimate of drug-likeness (QED) is 0.0367. The minimum atomic E-state index is -5.63. The number of nitrogen functional groups attached to an aromatic ring is 1. The molecule has 332 valence electrons. The Hall–Kier alpha value is 0.640. The SMILES string of the molecule is CCCCCCCCCCCCCC(=O)OC(COP(=O)([O-])OP(=O)([O-])OC[C@H]1OC(n2ccc(N)nc2=O)[C@@H](O)[C@@H]1O)CSCCCCCCCCCCCC.[Na+].[Na+]. The fraction of sp³-hybridized carbons (Fsp3) is 0.868. The zero-order valence-electron chi connectivity index (χ0n) is 36.1. The van der Waals surface area contributed by atoms with Crippen molar-refractivity contribution in [3.63, 3.8) is 0 Å². The fourth-order valence-electron chi connectivity index (χ4n) is 6.43. The zero-order valence-corrected chi connectivity index (χ0v) is 42.7. The number of rotatable bonds is 35. The van der Waals surface area contributed by atoms with E-state index in [0.717, 1.165) is 48.8 Å². The maximum Gasteiger partial charge on any atom is 1.00 e. The summed E-state index contributed by atoms with van der Waals surface area (Å²) in [7, 11) is -11.2. The number of anilines is 1. The van der Waals surface area contributed by atoms with Crippen molar-refractivity contribution in [2.45, 2.75) is 186 Å². The third kappa shape index (κ3) is 27.5. The molecule has 0 radical (unpaired) electrons. The van der Waals surface area contributed by atoms with Gasteiger partial charge in [0.2, 0.25) is 0 Å². The van der Waals surface area contributed by atoms with E-state index in [-0.39, 0.29) is 77.1 Å². The molecule has 0 bridgehead atoms. The van der Waals surface area contributed by atoms with Crippen LogP contribution in [0.5, 0.6) is 0 Å². The van der Waals surface area contributed by atoms with E-state index in [1.165, 1.54) is 114 Å². The van der Waals surface area contributed by atoms with Crippen molar-refractivity contribution < 1.29 is 116 Å². The predicted octanol–water partition coefficient (Wildman–Crippen LogP) is 0.706. The van der Waals surface area contributed by atoms with Gasteiger partial charge < -0.3 is 44.3 Å². The number of carbonyl (C=O) groups excluding carboxylic acids is 1. The van der Waals surface area contributed by atoms with Gasteiger partial charge in [0.15, 0.2) is 6.23 Å². The van der Waals surface area contributed by atoms with E-state index < -0.39 is 71.2 Å². The third-order valence-electron chi connectivity index (χ3n) is 9.71. The van der Waals surface area contributed by atoms with Crippen molar-refractivity contribution in [1.29, 1.82) is 0 Å². The second-order valence-electron chi connectivity index (χ2n) is 14.8. The summed E-state index contributed by atoms with van der Waals surface area (Å²) >= 11 is 1.49. The summed E-state index contributed by atoms with van der Waals surface area (Å²) in [4.78, 5) is 53.5. The van der Waals surface area contributed by atoms with Crippen LogP contribution in [0.3, 0.4) is 0 Å². The van der Waals surface area contributed by atoms with Crippen LogP contribution in [0.15, 0.2) is 17.1 Å². The second kappa shape index (κ2) is 35.0. The summed E-state index contributed by atoms with van der Waals surface area (Å²) in [6, 6.07) is 1.25. The number of aliphatic hydroxyl groups excluding tert-OH is 2. The topological polar surface area (TPSA) is 245 Å². The van der Waals surface area contributed by atoms with Gasteiger partial charge in [0.1, 0.15) is 30.2 Å². The molecule has 2 rings (SSSR count). The first-order valence-corrected chi connectivity index (χ1v) is 25.1. The van der Waals surface area contributed by atoms with Gasteiger partial charge in [-0.15, -0.1) is 0 Å². The molecule has 1 aromatic heterocycles. The Kier molecular flexibility index (Phi) is 35.3. The van der Waals surface area contributed by atoms with Crippen LogP contribution in [0.2, 0.25) is 0 Å². The number of carbonyl (C=O) groups is 1. The fourth-order valence-corrected chi connectivity index (χ4v) is 9.46. The van der Waals surface area contributed by atoms with Gasteiger partial charge in [-0.25, -0.2) is 9.11 Å². The van der Waals surface area contributed by atoms with Crippen LogP contribution >= 0.6 is 27.4 Å². The van der Waals surface area contributed by atoms with Crippen molar-refractivity contribution in [1.82, 2.24) is 9.55 Å². The number of hydrogen-bond acceptors (Lipinski definition) is 16. The smallest absolute Gasteiger partial charge is 0.756 e. The monoisotopic (exact) mass is 915 g/mol. The molecule has 0 spiro atoms. The molecule has 1 aliphatic heterocycles. The first-order valence-electron chi connectivity index (χ1n) is 21.0. The number of aliphatic hydroxyl groups is 2. The Morgan fingerprint density at radius 3 is 1.85 bits per heavy atom. The zero-order chi connectivity index (χ0) is 41.9. The number of hydrogen-bond donors (Lipinski definition) is 3. The summed E-state index contributed by atoms with van der Waals surface area (Å²) in [6.07, 6.45) is 18.3. The summed E-state index contributed by atoms with van der Waals surface area (Å²) in [5.74, 6) is 0.419. The normalized spacial score (nSPS) is 20.2. The first kappa shape index (κ1) is 59.6. The Bertz CT molecular complexity index is 1410. The Balaban J connectivity index is 0.0000168. The van der Waals surface area contributed by atoms with E-state index in [1.54, 1.807) is 0 Å². The molecule has 1 saturated heterocycles. The molecular weight excluding hydrogens is 846 g/mol. The number of nitrogens with zero attached hydrogens (tertiary/aromatic N) is 2. The minimum Gasteiger partial charge on any atom is -0.756 e. The number of aromatic nitrogens is 2. The van der Waals surface area contributed by atoms with E-state index in [1.807, 2.05) is 0 Å². The molecule has 7 atom stereocenters. The molecule has 0 amide bonds. The second-order valence-corrected chi connectivity index (χ2v) is 18.9. The minimum absolute atomic E-state index is 0. The molecule has 0 saturated carbocycles. The maximum atomic E-state index is 12.7. The molecule has 59 heavy (non-hydrogen) atoms. The molecule has 4 unspecified atom stereocenters. The number of phosphoric ester groups is 2. The molecule has 4 N–H and O–H groups in total. The average Bonchev–Trinajstić information content (AvgIpc) is 3.43. The van der Waals surface area contributed by atoms with Crippen molar-refractivity contribution >= 4 is 39.2 Å². The van der Waals surface area contributed by atoms with Crippen LogP contribution in [-0.4, -0.2) is 74.9 Å². The number of esters is 1. The predicted molar refractivity (Wildman–Crippen MR) is 217 cm³/mol. The van der Waals surface area contributed by atoms with Crippen LogP contribution in [0, 0.1) is 0 Å². The first-order chi connectivity index (χ1) is 27.3. The molecule has 0 aromatic carbocycles. The summed E-state index contributed by atoms with van der Waals surface area (Å²) in [5, 5.41) is 20.8. The summed E-state index contributed by atoms with van der Waals surface area (Å²) < 4.78 is 50.7. The van der Waals surface area contributed by atoms with Gasteiger partial charge in [0, 0.05) is 18.4 Å². The average molecular weight is 916 g/mol. The van der Waals surface area contributed by atoms with Crippen molar-refractivity contribution in [2.24, 2.45) is 0 Å². The van der Waals surface area contributed by atoms with E-state index in [0.29, 0.717) is 6.42 Å². The van der Waals surface area contributed by atoms with E-state index >= 15 is 0 Å². The van der Waals surface area contributed by atoms with Crippen LogP contribution < -0.4 is 80.3 Å². The Morgan fingerprint density at radius 1 is 0.831 bits per heavy atom.